The van der Waals surface area contributed by atoms with Gasteiger partial charge in [-0.15, -0.1) is 5.10 Å². The fourth-order valence-corrected chi connectivity index (χ4v) is 1.72. The number of aromatic nitrogens is 2. The summed E-state index contributed by atoms with van der Waals surface area (Å²) in [6.45, 7) is 6.56. The summed E-state index contributed by atoms with van der Waals surface area (Å²) in [5, 5.41) is 11.9. The minimum Gasteiger partial charge on any atom is -0.354 e. The van der Waals surface area contributed by atoms with E-state index in [9.17, 15) is 4.79 Å². The lowest BCUT2D eigenvalue weighted by molar-refractivity contribution is -0.122. The fraction of sp³-hybridized carbons (Fsp3) is 0.700. The van der Waals surface area contributed by atoms with Crippen molar-refractivity contribution >= 4 is 17.4 Å². The van der Waals surface area contributed by atoms with Gasteiger partial charge in [-0.25, -0.2) is 0 Å². The number of hydrogen-bond acceptors (Lipinski definition) is 5. The summed E-state index contributed by atoms with van der Waals surface area (Å²) in [6, 6.07) is 0.336. The van der Waals surface area contributed by atoms with Crippen LogP contribution < -0.4 is 10.6 Å². The molecule has 0 aromatic carbocycles. The SMILES string of the molecule is CC(C)NC(=O)CC(C)NCc1csnn1. The Balaban J connectivity index is 2.20. The quantitative estimate of drug-likeness (QED) is 0.779. The van der Waals surface area contributed by atoms with Crippen molar-refractivity contribution in [3.05, 3.63) is 11.1 Å². The van der Waals surface area contributed by atoms with Gasteiger partial charge in [-0.3, -0.25) is 4.79 Å². The van der Waals surface area contributed by atoms with Crippen LogP contribution in [0.4, 0.5) is 0 Å². The summed E-state index contributed by atoms with van der Waals surface area (Å²) in [4.78, 5) is 11.4. The van der Waals surface area contributed by atoms with Crippen LogP contribution in [0.15, 0.2) is 5.38 Å². The Labute approximate surface area is 99.8 Å². The van der Waals surface area contributed by atoms with Gasteiger partial charge in [0.25, 0.3) is 0 Å². The molecule has 0 saturated carbocycles. The van der Waals surface area contributed by atoms with E-state index in [1.54, 1.807) is 0 Å². The van der Waals surface area contributed by atoms with E-state index in [1.807, 2.05) is 26.2 Å². The van der Waals surface area contributed by atoms with Crippen molar-refractivity contribution in [2.75, 3.05) is 0 Å². The molecule has 2 N–H and O–H groups in total. The van der Waals surface area contributed by atoms with E-state index in [0.717, 1.165) is 5.69 Å². The van der Waals surface area contributed by atoms with Crippen molar-refractivity contribution in [1.82, 2.24) is 20.2 Å². The van der Waals surface area contributed by atoms with E-state index in [-0.39, 0.29) is 18.0 Å². The van der Waals surface area contributed by atoms with E-state index in [2.05, 4.69) is 20.2 Å². The number of amides is 1. The Hall–Kier alpha value is -1.01. The molecular weight excluding hydrogens is 224 g/mol. The van der Waals surface area contributed by atoms with Crippen molar-refractivity contribution in [1.29, 1.82) is 0 Å². The summed E-state index contributed by atoms with van der Waals surface area (Å²) in [7, 11) is 0. The zero-order valence-corrected chi connectivity index (χ0v) is 10.7. The van der Waals surface area contributed by atoms with E-state index in [1.165, 1.54) is 11.5 Å². The first-order valence-corrected chi connectivity index (χ1v) is 6.20. The van der Waals surface area contributed by atoms with Gasteiger partial charge < -0.3 is 10.6 Å². The summed E-state index contributed by atoms with van der Waals surface area (Å²) in [6.07, 6.45) is 0.482. The maximum Gasteiger partial charge on any atom is 0.221 e. The number of carbonyl (C=O) groups is 1. The van der Waals surface area contributed by atoms with E-state index < -0.39 is 0 Å². The molecule has 6 heteroatoms. The first kappa shape index (κ1) is 13.1. The Morgan fingerprint density at radius 2 is 2.25 bits per heavy atom. The maximum absolute atomic E-state index is 11.4. The average molecular weight is 242 g/mol. The van der Waals surface area contributed by atoms with Crippen LogP contribution >= 0.6 is 11.5 Å². The third-order valence-electron chi connectivity index (χ3n) is 1.98. The van der Waals surface area contributed by atoms with Gasteiger partial charge in [0.15, 0.2) is 0 Å². The molecule has 1 rings (SSSR count). The van der Waals surface area contributed by atoms with Crippen LogP contribution in [-0.4, -0.2) is 27.6 Å². The lowest BCUT2D eigenvalue weighted by atomic mass is 10.2. The molecule has 16 heavy (non-hydrogen) atoms. The molecule has 0 aliphatic carbocycles. The van der Waals surface area contributed by atoms with Crippen molar-refractivity contribution in [2.24, 2.45) is 0 Å². The van der Waals surface area contributed by atoms with Gasteiger partial charge in [0.1, 0.15) is 0 Å². The second-order valence-electron chi connectivity index (χ2n) is 4.10. The number of rotatable bonds is 6. The van der Waals surface area contributed by atoms with E-state index in [4.69, 9.17) is 0 Å². The lowest BCUT2D eigenvalue weighted by Crippen LogP contribution is -2.36. The highest BCUT2D eigenvalue weighted by Crippen LogP contribution is 1.98. The molecule has 0 aliphatic heterocycles. The van der Waals surface area contributed by atoms with Crippen LogP contribution in [0, 0.1) is 0 Å². The first-order chi connectivity index (χ1) is 7.58. The molecule has 1 amide bonds. The first-order valence-electron chi connectivity index (χ1n) is 5.36. The molecule has 1 unspecified atom stereocenters. The summed E-state index contributed by atoms with van der Waals surface area (Å²) in [5.41, 5.74) is 0.918. The molecule has 0 spiro atoms. The summed E-state index contributed by atoms with van der Waals surface area (Å²) >= 11 is 1.33. The Morgan fingerprint density at radius 3 is 2.81 bits per heavy atom. The van der Waals surface area contributed by atoms with Gasteiger partial charge in [-0.05, 0) is 32.3 Å². The monoisotopic (exact) mass is 242 g/mol. The highest BCUT2D eigenvalue weighted by atomic mass is 32.1. The second-order valence-corrected chi connectivity index (χ2v) is 4.71. The molecule has 0 bridgehead atoms. The third-order valence-corrected chi connectivity index (χ3v) is 2.53. The highest BCUT2D eigenvalue weighted by Gasteiger charge is 2.09. The minimum atomic E-state index is 0.0754. The van der Waals surface area contributed by atoms with Gasteiger partial charge >= 0.3 is 0 Å². The standard InChI is InChI=1S/C10H18N4OS/c1-7(2)12-10(15)4-8(3)11-5-9-6-16-14-13-9/h6-8,11H,4-5H2,1-3H3,(H,12,15). The predicted octanol–water partition coefficient (Wildman–Crippen LogP) is 0.931. The van der Waals surface area contributed by atoms with Crippen molar-refractivity contribution in [2.45, 2.75) is 45.8 Å². The van der Waals surface area contributed by atoms with Crippen LogP contribution in [-0.2, 0) is 11.3 Å². The molecule has 90 valence electrons. The maximum atomic E-state index is 11.4. The Bertz CT molecular complexity index is 313. The molecular formula is C10H18N4OS. The van der Waals surface area contributed by atoms with Gasteiger partial charge in [0.05, 0.1) is 5.69 Å². The molecule has 0 aliphatic rings. The zero-order valence-electron chi connectivity index (χ0n) is 9.86. The van der Waals surface area contributed by atoms with Crippen LogP contribution in [0.3, 0.4) is 0 Å². The molecule has 5 nitrogen and oxygen atoms in total. The van der Waals surface area contributed by atoms with Gasteiger partial charge in [-0.1, -0.05) is 4.49 Å². The predicted molar refractivity (Wildman–Crippen MR) is 64.1 cm³/mol. The Kier molecular flexibility index (Phi) is 5.34. The molecule has 1 aromatic heterocycles. The second kappa shape index (κ2) is 6.55. The number of nitrogens with one attached hydrogen (secondary N) is 2. The summed E-state index contributed by atoms with van der Waals surface area (Å²) in [5.74, 6) is 0.0754. The minimum absolute atomic E-state index is 0.0754. The lowest BCUT2D eigenvalue weighted by Gasteiger charge is -2.14. The fourth-order valence-electron chi connectivity index (χ4n) is 1.27. The topological polar surface area (TPSA) is 66.9 Å². The van der Waals surface area contributed by atoms with Crippen LogP contribution in [0.2, 0.25) is 0 Å². The van der Waals surface area contributed by atoms with Crippen molar-refractivity contribution in [3.8, 4) is 0 Å². The van der Waals surface area contributed by atoms with E-state index >= 15 is 0 Å². The molecule has 0 saturated heterocycles. The highest BCUT2D eigenvalue weighted by molar-refractivity contribution is 7.03. The molecule has 1 aromatic rings. The number of hydrogen-bond donors (Lipinski definition) is 2. The van der Waals surface area contributed by atoms with Crippen LogP contribution in [0.1, 0.15) is 32.9 Å². The third kappa shape index (κ3) is 5.18. The molecule has 0 radical (unpaired) electrons. The number of nitrogens with zero attached hydrogens (tertiary/aromatic N) is 2. The van der Waals surface area contributed by atoms with Crippen molar-refractivity contribution < 1.29 is 4.79 Å². The largest absolute Gasteiger partial charge is 0.354 e. The van der Waals surface area contributed by atoms with Gasteiger partial charge in [0.2, 0.25) is 5.91 Å². The van der Waals surface area contributed by atoms with Crippen molar-refractivity contribution in [3.63, 3.8) is 0 Å². The van der Waals surface area contributed by atoms with Gasteiger partial charge in [0, 0.05) is 30.4 Å². The van der Waals surface area contributed by atoms with Crippen LogP contribution in [0.25, 0.3) is 0 Å². The van der Waals surface area contributed by atoms with Gasteiger partial charge in [-0.2, -0.15) is 0 Å². The normalized spacial score (nSPS) is 12.8. The van der Waals surface area contributed by atoms with Crippen LogP contribution in [0.5, 0.6) is 0 Å². The Morgan fingerprint density at radius 1 is 1.50 bits per heavy atom. The van der Waals surface area contributed by atoms with E-state index in [0.29, 0.717) is 13.0 Å². The molecule has 1 heterocycles. The summed E-state index contributed by atoms with van der Waals surface area (Å²) < 4.78 is 3.77. The molecule has 0 fully saturated rings. The number of carbonyl (C=O) groups excluding carboxylic acids is 1. The molecule has 1 atom stereocenters. The zero-order chi connectivity index (χ0) is 12.0. The average Bonchev–Trinajstić information content (AvgIpc) is 2.65. The smallest absolute Gasteiger partial charge is 0.221 e.